The van der Waals surface area contributed by atoms with Crippen molar-refractivity contribution in [2.45, 2.75) is 50.0 Å². The Morgan fingerprint density at radius 3 is 2.54 bits per heavy atom. The molecule has 194 valence electrons. The third-order valence-corrected chi connectivity index (χ3v) is 9.19. The number of hydrogen-bond acceptors (Lipinski definition) is 7. The van der Waals surface area contributed by atoms with Crippen LogP contribution in [0.2, 0.25) is 0 Å². The van der Waals surface area contributed by atoms with Crippen molar-refractivity contribution in [2.24, 2.45) is 0 Å². The minimum Gasteiger partial charge on any atom is -0.444 e. The molecule has 4 aromatic rings. The van der Waals surface area contributed by atoms with Gasteiger partial charge < -0.3 is 9.64 Å². The standard InChI is InChI=1S/C26H27BrN4O4S2/c1-26(2,3)35-25(32)30-11-9-17(10-12-30)22-16-36-24(29-22)21-15-31(23-20(21)13-18(27)14-28-23)37(33,34)19-7-5-4-6-8-19/h4-8,13-17H,9-12H2,1-3H3. The Labute approximate surface area is 228 Å². The second-order valence-electron chi connectivity index (χ2n) is 10.0. The SMILES string of the molecule is CC(C)(C)OC(=O)N1CCC(c2csc(-c3cn(S(=O)(=O)c4ccccc4)c4ncc(Br)cc34)n2)CC1. The van der Waals surface area contributed by atoms with E-state index in [-0.39, 0.29) is 16.9 Å². The highest BCUT2D eigenvalue weighted by Gasteiger charge is 2.29. The first kappa shape index (κ1) is 25.9. The van der Waals surface area contributed by atoms with E-state index in [1.54, 1.807) is 47.6 Å². The number of piperidine rings is 1. The summed E-state index contributed by atoms with van der Waals surface area (Å²) in [5.74, 6) is 0.218. The lowest BCUT2D eigenvalue weighted by Gasteiger charge is -2.32. The van der Waals surface area contributed by atoms with E-state index < -0.39 is 15.6 Å². The summed E-state index contributed by atoms with van der Waals surface area (Å²) >= 11 is 4.95. The van der Waals surface area contributed by atoms with E-state index in [1.165, 1.54) is 15.3 Å². The fraction of sp³-hybridized carbons (Fsp3) is 0.346. The molecule has 0 atom stereocenters. The molecule has 1 aliphatic heterocycles. The average molecular weight is 604 g/mol. The monoisotopic (exact) mass is 602 g/mol. The second-order valence-corrected chi connectivity index (χ2v) is 13.6. The molecule has 0 saturated carbocycles. The summed E-state index contributed by atoms with van der Waals surface area (Å²) in [7, 11) is -3.84. The topological polar surface area (TPSA) is 94.4 Å². The molecular weight excluding hydrogens is 576 g/mol. The summed E-state index contributed by atoms with van der Waals surface area (Å²) in [6.07, 6.45) is 4.50. The van der Waals surface area contributed by atoms with Crippen molar-refractivity contribution >= 4 is 54.4 Å². The highest BCUT2D eigenvalue weighted by molar-refractivity contribution is 9.10. The number of carbonyl (C=O) groups excluding carboxylic acids is 1. The lowest BCUT2D eigenvalue weighted by atomic mass is 9.94. The maximum absolute atomic E-state index is 13.5. The molecule has 0 bridgehead atoms. The normalized spacial score (nSPS) is 15.3. The number of likely N-dealkylation sites (tertiary alicyclic amines) is 1. The first-order valence-electron chi connectivity index (χ1n) is 11.9. The zero-order valence-electron chi connectivity index (χ0n) is 20.7. The van der Waals surface area contributed by atoms with Gasteiger partial charge in [-0.2, -0.15) is 0 Å². The predicted octanol–water partition coefficient (Wildman–Crippen LogP) is 6.27. The second kappa shape index (κ2) is 9.85. The van der Waals surface area contributed by atoms with E-state index in [9.17, 15) is 13.2 Å². The summed E-state index contributed by atoms with van der Waals surface area (Å²) in [6, 6.07) is 10.2. The van der Waals surface area contributed by atoms with Crippen molar-refractivity contribution in [3.63, 3.8) is 0 Å². The molecule has 3 aromatic heterocycles. The van der Waals surface area contributed by atoms with Gasteiger partial charge in [0.25, 0.3) is 10.0 Å². The van der Waals surface area contributed by atoms with Crippen LogP contribution < -0.4 is 0 Å². The first-order chi connectivity index (χ1) is 17.5. The molecule has 0 N–H and O–H groups in total. The number of pyridine rings is 1. The van der Waals surface area contributed by atoms with Crippen LogP contribution in [0.15, 0.2) is 63.5 Å². The van der Waals surface area contributed by atoms with Crippen molar-refractivity contribution in [1.82, 2.24) is 18.8 Å². The molecule has 11 heteroatoms. The Kier molecular flexibility index (Phi) is 6.88. The average Bonchev–Trinajstić information content (AvgIpc) is 3.49. The van der Waals surface area contributed by atoms with Crippen LogP contribution in [0.1, 0.15) is 45.2 Å². The van der Waals surface area contributed by atoms with Gasteiger partial charge in [0, 0.05) is 52.2 Å². The number of benzene rings is 1. The van der Waals surface area contributed by atoms with Crippen molar-refractivity contribution in [3.8, 4) is 10.6 Å². The molecule has 4 heterocycles. The number of nitrogens with zero attached hydrogens (tertiary/aromatic N) is 4. The van der Waals surface area contributed by atoms with Gasteiger partial charge in [-0.3, -0.25) is 0 Å². The van der Waals surface area contributed by atoms with Crippen LogP contribution in [0, 0.1) is 0 Å². The van der Waals surface area contributed by atoms with E-state index in [2.05, 4.69) is 20.9 Å². The molecule has 1 saturated heterocycles. The van der Waals surface area contributed by atoms with Crippen LogP contribution >= 0.6 is 27.3 Å². The Hall–Kier alpha value is -2.76. The lowest BCUT2D eigenvalue weighted by molar-refractivity contribution is 0.0204. The summed E-state index contributed by atoms with van der Waals surface area (Å²) in [5.41, 5.74) is 1.50. The van der Waals surface area contributed by atoms with Gasteiger partial charge in [0.1, 0.15) is 10.6 Å². The number of rotatable bonds is 4. The summed E-state index contributed by atoms with van der Waals surface area (Å²) < 4.78 is 34.4. The maximum atomic E-state index is 13.5. The van der Waals surface area contributed by atoms with E-state index >= 15 is 0 Å². The number of aromatic nitrogens is 3. The third-order valence-electron chi connectivity index (χ3n) is 6.20. The van der Waals surface area contributed by atoms with E-state index in [4.69, 9.17) is 9.72 Å². The molecule has 1 aliphatic rings. The molecule has 0 aliphatic carbocycles. The minimum atomic E-state index is -3.84. The molecule has 8 nitrogen and oxygen atoms in total. The number of hydrogen-bond donors (Lipinski definition) is 0. The van der Waals surface area contributed by atoms with Gasteiger partial charge in [-0.05, 0) is 67.7 Å². The molecule has 37 heavy (non-hydrogen) atoms. The zero-order valence-corrected chi connectivity index (χ0v) is 23.9. The molecule has 0 radical (unpaired) electrons. The number of ether oxygens (including phenoxy) is 1. The van der Waals surface area contributed by atoms with Crippen molar-refractivity contribution in [3.05, 3.63) is 64.3 Å². The highest BCUT2D eigenvalue weighted by atomic mass is 79.9. The molecule has 1 fully saturated rings. The van der Waals surface area contributed by atoms with E-state index in [1.807, 2.05) is 32.2 Å². The lowest BCUT2D eigenvalue weighted by Crippen LogP contribution is -2.41. The molecule has 0 spiro atoms. The first-order valence-corrected chi connectivity index (χ1v) is 15.1. The molecule has 5 rings (SSSR count). The highest BCUT2D eigenvalue weighted by Crippen LogP contribution is 2.37. The molecule has 0 unspecified atom stereocenters. The zero-order chi connectivity index (χ0) is 26.4. The Balaban J connectivity index is 1.43. The number of fused-ring (bicyclic) bond motifs is 1. The minimum absolute atomic E-state index is 0.194. The molecular formula is C26H27BrN4O4S2. The number of carbonyl (C=O) groups is 1. The maximum Gasteiger partial charge on any atom is 0.410 e. The Morgan fingerprint density at radius 2 is 1.86 bits per heavy atom. The van der Waals surface area contributed by atoms with Crippen LogP contribution in [-0.4, -0.2) is 52.0 Å². The van der Waals surface area contributed by atoms with E-state index in [0.717, 1.165) is 28.0 Å². The van der Waals surface area contributed by atoms with Gasteiger partial charge >= 0.3 is 6.09 Å². The van der Waals surface area contributed by atoms with Gasteiger partial charge in [0.15, 0.2) is 5.65 Å². The Bertz CT molecular complexity index is 1550. The van der Waals surface area contributed by atoms with Crippen LogP contribution in [0.5, 0.6) is 0 Å². The van der Waals surface area contributed by atoms with Crippen molar-refractivity contribution in [2.75, 3.05) is 13.1 Å². The van der Waals surface area contributed by atoms with Crippen LogP contribution in [-0.2, 0) is 14.8 Å². The number of thiazole rings is 1. The number of amides is 1. The summed E-state index contributed by atoms with van der Waals surface area (Å²) in [4.78, 5) is 23.7. The van der Waals surface area contributed by atoms with Crippen LogP contribution in [0.4, 0.5) is 4.79 Å². The third kappa shape index (κ3) is 5.30. The fourth-order valence-corrected chi connectivity index (χ4v) is 7.00. The van der Waals surface area contributed by atoms with Crippen LogP contribution in [0.3, 0.4) is 0 Å². The van der Waals surface area contributed by atoms with Gasteiger partial charge in [-0.1, -0.05) is 18.2 Å². The summed E-state index contributed by atoms with van der Waals surface area (Å²) in [6.45, 7) is 6.82. The van der Waals surface area contributed by atoms with Crippen molar-refractivity contribution in [1.29, 1.82) is 0 Å². The number of halogens is 1. The predicted molar refractivity (Wildman–Crippen MR) is 147 cm³/mol. The smallest absolute Gasteiger partial charge is 0.410 e. The quantitative estimate of drug-likeness (QED) is 0.273. The van der Waals surface area contributed by atoms with Crippen molar-refractivity contribution < 1.29 is 17.9 Å². The molecule has 1 aromatic carbocycles. The molecule has 1 amide bonds. The van der Waals surface area contributed by atoms with Crippen LogP contribution in [0.25, 0.3) is 21.6 Å². The van der Waals surface area contributed by atoms with Gasteiger partial charge in [-0.15, -0.1) is 11.3 Å². The van der Waals surface area contributed by atoms with Gasteiger partial charge in [0.05, 0.1) is 10.6 Å². The Morgan fingerprint density at radius 1 is 1.16 bits per heavy atom. The fourth-order valence-electron chi connectivity index (χ4n) is 4.40. The van der Waals surface area contributed by atoms with E-state index in [0.29, 0.717) is 29.7 Å². The summed E-state index contributed by atoms with van der Waals surface area (Å²) in [5, 5.41) is 3.47. The largest absolute Gasteiger partial charge is 0.444 e. The van der Waals surface area contributed by atoms with Gasteiger partial charge in [0.2, 0.25) is 0 Å². The van der Waals surface area contributed by atoms with Gasteiger partial charge in [-0.25, -0.2) is 27.2 Å².